The fourth-order valence-corrected chi connectivity index (χ4v) is 3.44. The smallest absolute Gasteiger partial charge is 0.190 e. The largest absolute Gasteiger partial charge is 0.289 e. The van der Waals surface area contributed by atoms with E-state index in [1.54, 1.807) is 19.1 Å². The molecule has 1 aromatic carbocycles. The van der Waals surface area contributed by atoms with Crippen LogP contribution in [0.2, 0.25) is 0 Å². The number of hydrogen-bond donors (Lipinski definition) is 0. The first-order valence-electron chi connectivity index (χ1n) is 7.91. The summed E-state index contributed by atoms with van der Waals surface area (Å²) in [4.78, 5) is 25.6. The Morgan fingerprint density at radius 3 is 2.32 bits per heavy atom. The number of hydrogen-bond acceptors (Lipinski definition) is 2. The molecule has 0 radical (unpaired) electrons. The van der Waals surface area contributed by atoms with Gasteiger partial charge in [0.15, 0.2) is 11.6 Å². The van der Waals surface area contributed by atoms with Gasteiger partial charge in [0.1, 0.15) is 0 Å². The van der Waals surface area contributed by atoms with Crippen LogP contribution in [0.5, 0.6) is 0 Å². The van der Waals surface area contributed by atoms with Gasteiger partial charge in [-0.3, -0.25) is 9.59 Å². The fraction of sp³-hybridized carbons (Fsp3) is 0.300. The number of ketones is 2. The van der Waals surface area contributed by atoms with Crippen LogP contribution in [0.4, 0.5) is 0 Å². The molecule has 2 heteroatoms. The Bertz CT molecular complexity index is 732. The van der Waals surface area contributed by atoms with Crippen molar-refractivity contribution in [1.29, 1.82) is 0 Å². The lowest BCUT2D eigenvalue weighted by Crippen LogP contribution is -2.26. The number of allylic oxidation sites excluding steroid dienone is 6. The molecule has 2 nitrogen and oxygen atoms in total. The van der Waals surface area contributed by atoms with Crippen molar-refractivity contribution in [3.63, 3.8) is 0 Å². The maximum Gasteiger partial charge on any atom is 0.190 e. The molecule has 0 spiro atoms. The second-order valence-electron chi connectivity index (χ2n) is 5.89. The molecule has 0 amide bonds. The normalized spacial score (nSPS) is 19.1. The zero-order chi connectivity index (χ0) is 15.7. The van der Waals surface area contributed by atoms with Crippen LogP contribution in [0.1, 0.15) is 53.8 Å². The summed E-state index contributed by atoms with van der Waals surface area (Å²) in [6.45, 7) is 3.87. The molecule has 2 aliphatic rings. The summed E-state index contributed by atoms with van der Waals surface area (Å²) in [6.07, 6.45) is 9.34. The highest BCUT2D eigenvalue weighted by Gasteiger charge is 2.34. The van der Waals surface area contributed by atoms with Crippen molar-refractivity contribution in [2.24, 2.45) is 5.92 Å². The Balaban J connectivity index is 2.11. The highest BCUT2D eigenvalue weighted by molar-refractivity contribution is 6.27. The van der Waals surface area contributed by atoms with Crippen LogP contribution >= 0.6 is 0 Å². The molecule has 112 valence electrons. The molecular formula is C20H20O2. The van der Waals surface area contributed by atoms with Crippen LogP contribution in [0.3, 0.4) is 0 Å². The Labute approximate surface area is 131 Å². The van der Waals surface area contributed by atoms with E-state index in [-0.39, 0.29) is 17.5 Å². The third-order valence-electron chi connectivity index (χ3n) is 4.59. The summed E-state index contributed by atoms with van der Waals surface area (Å²) < 4.78 is 0. The minimum atomic E-state index is -0.0101. The van der Waals surface area contributed by atoms with Gasteiger partial charge in [0.2, 0.25) is 0 Å². The molecule has 0 aliphatic heterocycles. The highest BCUT2D eigenvalue weighted by Crippen LogP contribution is 2.36. The Morgan fingerprint density at radius 2 is 1.73 bits per heavy atom. The van der Waals surface area contributed by atoms with Gasteiger partial charge < -0.3 is 0 Å². The SMILES string of the molecule is CCC(C1=CCCC=C1)C1=C(C)C(=O)c2ccccc2C1=O. The van der Waals surface area contributed by atoms with E-state index in [0.29, 0.717) is 22.3 Å². The van der Waals surface area contributed by atoms with Crippen LogP contribution in [-0.4, -0.2) is 11.6 Å². The van der Waals surface area contributed by atoms with Gasteiger partial charge >= 0.3 is 0 Å². The van der Waals surface area contributed by atoms with Gasteiger partial charge in [-0.15, -0.1) is 0 Å². The average molecular weight is 292 g/mol. The van der Waals surface area contributed by atoms with Gasteiger partial charge in [0, 0.05) is 28.2 Å². The standard InChI is InChI=1S/C20H20O2/c1-3-15(14-9-5-4-6-10-14)18-13(2)19(21)16-11-7-8-12-17(16)20(18)22/h5,7-12,15H,3-4,6H2,1-2H3. The molecule has 0 aromatic heterocycles. The molecule has 1 aromatic rings. The highest BCUT2D eigenvalue weighted by atomic mass is 16.1. The third kappa shape index (κ3) is 2.29. The summed E-state index contributed by atoms with van der Waals surface area (Å²) in [5.74, 6) is 0.0184. The summed E-state index contributed by atoms with van der Waals surface area (Å²) in [7, 11) is 0. The predicted molar refractivity (Wildman–Crippen MR) is 88.0 cm³/mol. The lowest BCUT2D eigenvalue weighted by Gasteiger charge is -2.27. The average Bonchev–Trinajstić information content (AvgIpc) is 2.57. The molecule has 2 aliphatic carbocycles. The molecule has 0 N–H and O–H groups in total. The molecule has 0 saturated carbocycles. The predicted octanol–water partition coefficient (Wildman–Crippen LogP) is 4.68. The Kier molecular flexibility index (Phi) is 3.93. The van der Waals surface area contributed by atoms with Gasteiger partial charge in [-0.2, -0.15) is 0 Å². The second kappa shape index (κ2) is 5.88. The van der Waals surface area contributed by atoms with Crippen LogP contribution in [-0.2, 0) is 0 Å². The van der Waals surface area contributed by atoms with Crippen molar-refractivity contribution in [3.05, 3.63) is 70.3 Å². The fourth-order valence-electron chi connectivity index (χ4n) is 3.44. The number of fused-ring (bicyclic) bond motifs is 1. The van der Waals surface area contributed by atoms with Crippen molar-refractivity contribution in [2.75, 3.05) is 0 Å². The molecule has 1 atom stereocenters. The molecule has 3 rings (SSSR count). The van der Waals surface area contributed by atoms with Crippen molar-refractivity contribution in [2.45, 2.75) is 33.1 Å². The van der Waals surface area contributed by atoms with E-state index in [1.807, 2.05) is 12.1 Å². The second-order valence-corrected chi connectivity index (χ2v) is 5.89. The monoisotopic (exact) mass is 292 g/mol. The third-order valence-corrected chi connectivity index (χ3v) is 4.59. The lowest BCUT2D eigenvalue weighted by molar-refractivity contribution is 0.0967. The molecular weight excluding hydrogens is 272 g/mol. The number of Topliss-reactive ketones (excluding diaryl/α,β-unsaturated/α-hetero) is 2. The topological polar surface area (TPSA) is 34.1 Å². The van der Waals surface area contributed by atoms with E-state index in [2.05, 4.69) is 25.2 Å². The molecule has 1 unspecified atom stereocenters. The van der Waals surface area contributed by atoms with Gasteiger partial charge in [-0.05, 0) is 31.8 Å². The van der Waals surface area contributed by atoms with E-state index >= 15 is 0 Å². The summed E-state index contributed by atoms with van der Waals surface area (Å²) in [5.41, 5.74) is 3.55. The first-order chi connectivity index (χ1) is 10.6. The van der Waals surface area contributed by atoms with Crippen molar-refractivity contribution in [3.8, 4) is 0 Å². The number of carbonyl (C=O) groups is 2. The molecule has 0 bridgehead atoms. The quantitative estimate of drug-likeness (QED) is 0.810. The first-order valence-corrected chi connectivity index (χ1v) is 7.91. The van der Waals surface area contributed by atoms with Crippen LogP contribution in [0.25, 0.3) is 0 Å². The molecule has 0 heterocycles. The van der Waals surface area contributed by atoms with Crippen molar-refractivity contribution < 1.29 is 9.59 Å². The van der Waals surface area contributed by atoms with E-state index < -0.39 is 0 Å². The maximum absolute atomic E-state index is 13.0. The zero-order valence-corrected chi connectivity index (χ0v) is 13.1. The summed E-state index contributed by atoms with van der Waals surface area (Å²) >= 11 is 0. The van der Waals surface area contributed by atoms with Gasteiger partial charge in [-0.25, -0.2) is 0 Å². The van der Waals surface area contributed by atoms with E-state index in [4.69, 9.17) is 0 Å². The van der Waals surface area contributed by atoms with Gasteiger partial charge in [0.25, 0.3) is 0 Å². The minimum absolute atomic E-state index is 0.0101. The maximum atomic E-state index is 13.0. The van der Waals surface area contributed by atoms with Crippen LogP contribution in [0, 0.1) is 5.92 Å². The molecule has 0 saturated heterocycles. The van der Waals surface area contributed by atoms with Crippen molar-refractivity contribution in [1.82, 2.24) is 0 Å². The zero-order valence-electron chi connectivity index (χ0n) is 13.1. The van der Waals surface area contributed by atoms with E-state index in [0.717, 1.165) is 19.3 Å². The number of rotatable bonds is 3. The minimum Gasteiger partial charge on any atom is -0.289 e. The number of carbonyl (C=O) groups excluding carboxylic acids is 2. The lowest BCUT2D eigenvalue weighted by atomic mass is 9.75. The van der Waals surface area contributed by atoms with Gasteiger partial charge in [0.05, 0.1) is 0 Å². The Morgan fingerprint density at radius 1 is 1.05 bits per heavy atom. The molecule has 0 fully saturated rings. The summed E-state index contributed by atoms with van der Waals surface area (Å²) in [5, 5.41) is 0. The van der Waals surface area contributed by atoms with Crippen LogP contribution < -0.4 is 0 Å². The number of benzene rings is 1. The summed E-state index contributed by atoms with van der Waals surface area (Å²) in [6, 6.07) is 7.14. The Hall–Kier alpha value is -2.22. The molecule has 22 heavy (non-hydrogen) atoms. The first kappa shape index (κ1) is 14.7. The van der Waals surface area contributed by atoms with Crippen molar-refractivity contribution >= 4 is 11.6 Å². The van der Waals surface area contributed by atoms with E-state index in [9.17, 15) is 9.59 Å². The van der Waals surface area contributed by atoms with Gasteiger partial charge in [-0.1, -0.05) is 49.4 Å². The van der Waals surface area contributed by atoms with Crippen LogP contribution in [0.15, 0.2) is 59.2 Å². The van der Waals surface area contributed by atoms with E-state index in [1.165, 1.54) is 5.57 Å².